The maximum Gasteiger partial charge on any atom is 0.317 e. The van der Waals surface area contributed by atoms with Gasteiger partial charge in [-0.1, -0.05) is 36.6 Å². The SMILES string of the molecule is Cn1c(Cl)cnc1COC(=O)C1(c2cccc(F)c2)CCCC1. The normalized spacial score (nSPS) is 16.5. The first-order valence-electron chi connectivity index (χ1n) is 7.62. The molecule has 0 bridgehead atoms. The Kier molecular flexibility index (Phi) is 4.39. The molecule has 3 rings (SSSR count). The minimum absolute atomic E-state index is 0.0547. The van der Waals surface area contributed by atoms with Crippen LogP contribution >= 0.6 is 11.6 Å². The second-order valence-electron chi connectivity index (χ2n) is 5.93. The van der Waals surface area contributed by atoms with Crippen LogP contribution in [0, 0.1) is 5.82 Å². The van der Waals surface area contributed by atoms with Crippen LogP contribution in [0.5, 0.6) is 0 Å². The van der Waals surface area contributed by atoms with E-state index in [0.717, 1.165) is 12.8 Å². The molecule has 0 saturated heterocycles. The highest BCUT2D eigenvalue weighted by Crippen LogP contribution is 2.42. The van der Waals surface area contributed by atoms with Crippen molar-refractivity contribution < 1.29 is 13.9 Å². The van der Waals surface area contributed by atoms with Gasteiger partial charge in [-0.2, -0.15) is 0 Å². The van der Waals surface area contributed by atoms with Crippen molar-refractivity contribution in [3.63, 3.8) is 0 Å². The zero-order chi connectivity index (χ0) is 16.4. The maximum atomic E-state index is 13.6. The minimum atomic E-state index is -0.753. The van der Waals surface area contributed by atoms with E-state index in [2.05, 4.69) is 4.98 Å². The first-order valence-corrected chi connectivity index (χ1v) is 8.00. The van der Waals surface area contributed by atoms with Crippen molar-refractivity contribution in [2.75, 3.05) is 0 Å². The molecular formula is C17H18ClFN2O2. The lowest BCUT2D eigenvalue weighted by molar-refractivity contribution is -0.152. The molecule has 0 unspecified atom stereocenters. The van der Waals surface area contributed by atoms with Gasteiger partial charge in [0.25, 0.3) is 0 Å². The summed E-state index contributed by atoms with van der Waals surface area (Å²) >= 11 is 5.93. The summed E-state index contributed by atoms with van der Waals surface area (Å²) in [6.45, 7) is 0.0547. The molecule has 1 fully saturated rings. The predicted molar refractivity (Wildman–Crippen MR) is 84.6 cm³/mol. The number of imidazole rings is 1. The maximum absolute atomic E-state index is 13.6. The molecule has 1 aliphatic carbocycles. The van der Waals surface area contributed by atoms with E-state index in [1.165, 1.54) is 18.3 Å². The van der Waals surface area contributed by atoms with Crippen molar-refractivity contribution >= 4 is 17.6 Å². The molecule has 0 atom stereocenters. The number of halogens is 2. The third-order valence-electron chi connectivity index (χ3n) is 4.59. The molecular weight excluding hydrogens is 319 g/mol. The third-order valence-corrected chi connectivity index (χ3v) is 4.94. The van der Waals surface area contributed by atoms with Gasteiger partial charge in [0, 0.05) is 7.05 Å². The zero-order valence-electron chi connectivity index (χ0n) is 12.9. The van der Waals surface area contributed by atoms with E-state index in [4.69, 9.17) is 16.3 Å². The smallest absolute Gasteiger partial charge is 0.317 e. The Morgan fingerprint density at radius 1 is 1.43 bits per heavy atom. The number of ether oxygens (including phenoxy) is 1. The summed E-state index contributed by atoms with van der Waals surface area (Å²) in [4.78, 5) is 16.9. The van der Waals surface area contributed by atoms with Gasteiger partial charge in [-0.25, -0.2) is 9.37 Å². The topological polar surface area (TPSA) is 44.1 Å². The number of carbonyl (C=O) groups excluding carboxylic acids is 1. The number of aromatic nitrogens is 2. The van der Waals surface area contributed by atoms with Crippen molar-refractivity contribution in [2.45, 2.75) is 37.7 Å². The number of carbonyl (C=O) groups is 1. The van der Waals surface area contributed by atoms with Crippen molar-refractivity contribution in [1.82, 2.24) is 9.55 Å². The van der Waals surface area contributed by atoms with Gasteiger partial charge in [0.15, 0.2) is 0 Å². The highest BCUT2D eigenvalue weighted by atomic mass is 35.5. The van der Waals surface area contributed by atoms with Crippen LogP contribution in [0.15, 0.2) is 30.5 Å². The molecule has 0 spiro atoms. The summed E-state index contributed by atoms with van der Waals surface area (Å²) in [6, 6.07) is 6.25. The van der Waals surface area contributed by atoms with Crippen LogP contribution in [0.2, 0.25) is 5.15 Å². The quantitative estimate of drug-likeness (QED) is 0.798. The van der Waals surface area contributed by atoms with Gasteiger partial charge in [0.2, 0.25) is 0 Å². The van der Waals surface area contributed by atoms with Gasteiger partial charge >= 0.3 is 5.97 Å². The number of nitrogens with zero attached hydrogens (tertiary/aromatic N) is 2. The number of hydrogen-bond donors (Lipinski definition) is 0. The summed E-state index contributed by atoms with van der Waals surface area (Å²) in [7, 11) is 1.76. The van der Waals surface area contributed by atoms with Crippen molar-refractivity contribution in [3.05, 3.63) is 52.8 Å². The van der Waals surface area contributed by atoms with Crippen molar-refractivity contribution in [2.24, 2.45) is 7.05 Å². The van der Waals surface area contributed by atoms with E-state index in [-0.39, 0.29) is 18.4 Å². The number of hydrogen-bond acceptors (Lipinski definition) is 3. The Hall–Kier alpha value is -1.88. The number of rotatable bonds is 4. The van der Waals surface area contributed by atoms with Crippen LogP contribution in [-0.4, -0.2) is 15.5 Å². The first-order chi connectivity index (χ1) is 11.0. The Labute approximate surface area is 139 Å². The fraction of sp³-hybridized carbons (Fsp3) is 0.412. The Bertz CT molecular complexity index is 723. The molecule has 0 radical (unpaired) electrons. The van der Waals surface area contributed by atoms with Gasteiger partial charge in [0.1, 0.15) is 23.4 Å². The molecule has 6 heteroatoms. The molecule has 1 aliphatic rings. The first kappa shape index (κ1) is 16.0. The average molecular weight is 337 g/mol. The third kappa shape index (κ3) is 2.98. The van der Waals surface area contributed by atoms with Gasteiger partial charge in [-0.3, -0.25) is 4.79 Å². The summed E-state index contributed by atoms with van der Waals surface area (Å²) in [6.07, 6.45) is 4.73. The van der Waals surface area contributed by atoms with Crippen LogP contribution in [0.25, 0.3) is 0 Å². The van der Waals surface area contributed by atoms with E-state index < -0.39 is 5.41 Å². The summed E-state index contributed by atoms with van der Waals surface area (Å²) in [5, 5.41) is 0.483. The van der Waals surface area contributed by atoms with E-state index in [1.54, 1.807) is 23.7 Å². The van der Waals surface area contributed by atoms with Crippen LogP contribution in [0.4, 0.5) is 4.39 Å². The van der Waals surface area contributed by atoms with Crippen LogP contribution < -0.4 is 0 Å². The van der Waals surface area contributed by atoms with Crippen LogP contribution in [0.1, 0.15) is 37.1 Å². The molecule has 4 nitrogen and oxygen atoms in total. The molecule has 0 amide bonds. The zero-order valence-corrected chi connectivity index (χ0v) is 13.6. The van der Waals surface area contributed by atoms with Gasteiger partial charge in [-0.15, -0.1) is 0 Å². The molecule has 0 aliphatic heterocycles. The summed E-state index contributed by atoms with van der Waals surface area (Å²) < 4.78 is 20.7. The average Bonchev–Trinajstić information content (AvgIpc) is 3.15. The van der Waals surface area contributed by atoms with E-state index in [0.29, 0.717) is 29.4 Å². The Morgan fingerprint density at radius 2 is 2.17 bits per heavy atom. The van der Waals surface area contributed by atoms with E-state index in [1.807, 2.05) is 0 Å². The van der Waals surface area contributed by atoms with Gasteiger partial charge < -0.3 is 9.30 Å². The van der Waals surface area contributed by atoms with Crippen LogP contribution in [0.3, 0.4) is 0 Å². The highest BCUT2D eigenvalue weighted by Gasteiger charge is 2.44. The molecule has 0 N–H and O–H groups in total. The minimum Gasteiger partial charge on any atom is -0.457 e. The molecule has 1 aromatic carbocycles. The molecule has 1 saturated carbocycles. The van der Waals surface area contributed by atoms with Crippen LogP contribution in [-0.2, 0) is 28.6 Å². The van der Waals surface area contributed by atoms with E-state index in [9.17, 15) is 9.18 Å². The fourth-order valence-electron chi connectivity index (χ4n) is 3.20. The predicted octanol–water partition coefficient (Wildman–Crippen LogP) is 3.77. The Balaban J connectivity index is 1.81. The van der Waals surface area contributed by atoms with Gasteiger partial charge in [-0.05, 0) is 30.5 Å². The Morgan fingerprint density at radius 3 is 2.78 bits per heavy atom. The molecule has 2 aromatic rings. The number of benzene rings is 1. The molecule has 1 aromatic heterocycles. The van der Waals surface area contributed by atoms with Gasteiger partial charge in [0.05, 0.1) is 11.6 Å². The molecule has 23 heavy (non-hydrogen) atoms. The van der Waals surface area contributed by atoms with Crippen molar-refractivity contribution in [3.8, 4) is 0 Å². The lowest BCUT2D eigenvalue weighted by atomic mass is 9.79. The lowest BCUT2D eigenvalue weighted by Crippen LogP contribution is -2.35. The monoisotopic (exact) mass is 336 g/mol. The molecule has 1 heterocycles. The fourth-order valence-corrected chi connectivity index (χ4v) is 3.35. The molecule has 122 valence electrons. The highest BCUT2D eigenvalue weighted by molar-refractivity contribution is 6.29. The van der Waals surface area contributed by atoms with Crippen molar-refractivity contribution in [1.29, 1.82) is 0 Å². The largest absolute Gasteiger partial charge is 0.457 e. The second-order valence-corrected chi connectivity index (χ2v) is 6.32. The lowest BCUT2D eigenvalue weighted by Gasteiger charge is -2.27. The number of esters is 1. The standard InChI is InChI=1S/C17H18ClFN2O2/c1-21-14(18)10-20-15(21)11-23-16(22)17(7-2-3-8-17)12-5-4-6-13(19)9-12/h4-6,9-10H,2-3,7-8,11H2,1H3. The second kappa shape index (κ2) is 6.32. The van der Waals surface area contributed by atoms with E-state index >= 15 is 0 Å². The summed E-state index contributed by atoms with van der Waals surface area (Å²) in [5.74, 6) is -0.0760. The summed E-state index contributed by atoms with van der Waals surface area (Å²) in [5.41, 5.74) is -0.0604.